The van der Waals surface area contributed by atoms with E-state index in [2.05, 4.69) is 5.32 Å². The van der Waals surface area contributed by atoms with Crippen molar-refractivity contribution < 1.29 is 14.0 Å². The minimum Gasteiger partial charge on any atom is -0.353 e. The van der Waals surface area contributed by atoms with Gasteiger partial charge in [-0.2, -0.15) is 0 Å². The van der Waals surface area contributed by atoms with Crippen molar-refractivity contribution in [3.63, 3.8) is 0 Å². The summed E-state index contributed by atoms with van der Waals surface area (Å²) in [5, 5.41) is 4.69. The smallest absolute Gasteiger partial charge is 0.223 e. The van der Waals surface area contributed by atoms with E-state index in [4.69, 9.17) is 0 Å². The van der Waals surface area contributed by atoms with Crippen LogP contribution in [-0.2, 0) is 11.2 Å². The lowest BCUT2D eigenvalue weighted by Crippen LogP contribution is -2.38. The highest BCUT2D eigenvalue weighted by atomic mass is 32.1. The third-order valence-corrected chi connectivity index (χ3v) is 4.52. The quantitative estimate of drug-likeness (QED) is 0.783. The number of benzene rings is 1. The Morgan fingerprint density at radius 2 is 1.91 bits per heavy atom. The number of Topliss-reactive ketones (excluding diaryl/α,β-unsaturated/α-hetero) is 1. The van der Waals surface area contributed by atoms with Crippen LogP contribution in [-0.4, -0.2) is 17.7 Å². The summed E-state index contributed by atoms with van der Waals surface area (Å²) in [7, 11) is 0. The second kappa shape index (κ2) is 8.02. The van der Waals surface area contributed by atoms with Gasteiger partial charge in [0.15, 0.2) is 5.78 Å². The molecule has 23 heavy (non-hydrogen) atoms. The van der Waals surface area contributed by atoms with E-state index < -0.39 is 0 Å². The van der Waals surface area contributed by atoms with Crippen molar-refractivity contribution in [3.8, 4) is 0 Å². The van der Waals surface area contributed by atoms with Crippen molar-refractivity contribution in [2.24, 2.45) is 5.92 Å². The summed E-state index contributed by atoms with van der Waals surface area (Å²) in [4.78, 5) is 24.9. The minimum absolute atomic E-state index is 0.0227. The molecule has 0 aliphatic rings. The Labute approximate surface area is 139 Å². The summed E-state index contributed by atoms with van der Waals surface area (Å²) in [5.41, 5.74) is 0.525. The average Bonchev–Trinajstić information content (AvgIpc) is 3.03. The Bertz CT molecular complexity index is 669. The first kappa shape index (κ1) is 17.3. The number of thiophene rings is 1. The number of halogens is 1. The fraction of sp³-hybridized carbons (Fsp3) is 0.333. The largest absolute Gasteiger partial charge is 0.353 e. The monoisotopic (exact) mass is 333 g/mol. The summed E-state index contributed by atoms with van der Waals surface area (Å²) in [6.45, 7) is 3.56. The Morgan fingerprint density at radius 3 is 2.57 bits per heavy atom. The second-order valence-electron chi connectivity index (χ2n) is 5.71. The zero-order chi connectivity index (χ0) is 16.8. The molecule has 0 fully saturated rings. The Morgan fingerprint density at radius 1 is 1.17 bits per heavy atom. The number of hydrogen-bond donors (Lipinski definition) is 1. The number of rotatable bonds is 7. The van der Waals surface area contributed by atoms with Gasteiger partial charge in [-0.05, 0) is 36.4 Å². The van der Waals surface area contributed by atoms with E-state index in [-0.39, 0.29) is 35.9 Å². The van der Waals surface area contributed by atoms with E-state index in [1.807, 2.05) is 11.4 Å². The molecule has 0 spiro atoms. The van der Waals surface area contributed by atoms with E-state index in [1.165, 1.54) is 17.4 Å². The first-order valence-electron chi connectivity index (χ1n) is 7.58. The van der Waals surface area contributed by atoms with Crippen molar-refractivity contribution in [1.29, 1.82) is 0 Å². The van der Waals surface area contributed by atoms with Crippen LogP contribution in [0.4, 0.5) is 4.39 Å². The molecule has 1 aromatic heterocycles. The molecule has 2 atom stereocenters. The van der Waals surface area contributed by atoms with Crippen LogP contribution in [0.1, 0.15) is 35.5 Å². The zero-order valence-electron chi connectivity index (χ0n) is 13.2. The molecule has 0 bridgehead atoms. The van der Waals surface area contributed by atoms with Gasteiger partial charge in [0.25, 0.3) is 0 Å². The molecule has 1 amide bonds. The van der Waals surface area contributed by atoms with Crippen LogP contribution >= 0.6 is 11.3 Å². The first-order chi connectivity index (χ1) is 11.0. The van der Waals surface area contributed by atoms with Gasteiger partial charge in [0, 0.05) is 18.4 Å². The number of hydrogen-bond acceptors (Lipinski definition) is 3. The molecule has 122 valence electrons. The van der Waals surface area contributed by atoms with E-state index in [9.17, 15) is 14.0 Å². The summed E-state index contributed by atoms with van der Waals surface area (Å²) < 4.78 is 13.6. The van der Waals surface area contributed by atoms with E-state index >= 15 is 0 Å². The van der Waals surface area contributed by atoms with Gasteiger partial charge in [0.1, 0.15) is 5.82 Å². The van der Waals surface area contributed by atoms with Crippen molar-refractivity contribution in [2.45, 2.75) is 32.7 Å². The molecule has 5 heteroatoms. The fourth-order valence-corrected chi connectivity index (χ4v) is 3.01. The van der Waals surface area contributed by atoms with Crippen LogP contribution < -0.4 is 5.32 Å². The third kappa shape index (κ3) is 4.99. The molecule has 2 aromatic rings. The highest BCUT2D eigenvalue weighted by Gasteiger charge is 2.19. The molecule has 3 nitrogen and oxygen atoms in total. The third-order valence-electron chi connectivity index (χ3n) is 3.61. The number of nitrogens with one attached hydrogen (secondary N) is 1. The predicted molar refractivity (Wildman–Crippen MR) is 90.1 cm³/mol. The van der Waals surface area contributed by atoms with Crippen LogP contribution in [0.3, 0.4) is 0 Å². The summed E-state index contributed by atoms with van der Waals surface area (Å²) in [5.74, 6) is -0.798. The van der Waals surface area contributed by atoms with Gasteiger partial charge in [-0.1, -0.05) is 31.2 Å². The maximum Gasteiger partial charge on any atom is 0.223 e. The Balaban J connectivity index is 1.85. The normalized spacial score (nSPS) is 13.3. The average molecular weight is 333 g/mol. The highest BCUT2D eigenvalue weighted by Crippen LogP contribution is 2.14. The van der Waals surface area contributed by atoms with Gasteiger partial charge in [0.2, 0.25) is 5.91 Å². The van der Waals surface area contributed by atoms with Crippen molar-refractivity contribution in [2.75, 3.05) is 0 Å². The fourth-order valence-electron chi connectivity index (χ4n) is 2.34. The van der Waals surface area contributed by atoms with Crippen LogP contribution in [0.25, 0.3) is 0 Å². The van der Waals surface area contributed by atoms with Crippen molar-refractivity contribution in [3.05, 3.63) is 58.0 Å². The maximum absolute atomic E-state index is 13.6. The zero-order valence-corrected chi connectivity index (χ0v) is 14.0. The standard InChI is InChI=1S/C18H20FNO2S/c1-12(10-14-6-3-4-7-15(14)19)18(22)20-13(2)11-16(21)17-8-5-9-23-17/h3-9,12-13H,10-11H2,1-2H3,(H,20,22)/t12-,13-/m1/s1. The number of carbonyl (C=O) groups is 2. The van der Waals surface area contributed by atoms with E-state index in [0.717, 1.165) is 0 Å². The number of ketones is 1. The van der Waals surface area contributed by atoms with Crippen molar-refractivity contribution >= 4 is 23.0 Å². The molecule has 0 saturated heterocycles. The minimum atomic E-state index is -0.355. The topological polar surface area (TPSA) is 46.2 Å². The van der Waals surface area contributed by atoms with E-state index in [0.29, 0.717) is 16.9 Å². The van der Waals surface area contributed by atoms with Gasteiger partial charge >= 0.3 is 0 Å². The molecular weight excluding hydrogens is 313 g/mol. The van der Waals surface area contributed by atoms with Crippen LogP contribution in [0, 0.1) is 11.7 Å². The highest BCUT2D eigenvalue weighted by molar-refractivity contribution is 7.12. The lowest BCUT2D eigenvalue weighted by Gasteiger charge is -2.17. The molecule has 0 saturated carbocycles. The Hall–Kier alpha value is -2.01. The SMILES string of the molecule is C[C@H](CC(=O)c1cccs1)NC(=O)[C@H](C)Cc1ccccc1F. The second-order valence-corrected chi connectivity index (χ2v) is 6.66. The predicted octanol–water partition coefficient (Wildman–Crippen LogP) is 3.84. The number of carbonyl (C=O) groups excluding carboxylic acids is 2. The summed E-state index contributed by atoms with van der Waals surface area (Å²) >= 11 is 1.40. The lowest BCUT2D eigenvalue weighted by atomic mass is 9.99. The molecule has 0 unspecified atom stereocenters. The molecule has 1 heterocycles. The lowest BCUT2D eigenvalue weighted by molar-refractivity contribution is -0.125. The molecule has 2 rings (SSSR count). The van der Waals surface area contributed by atoms with Gasteiger partial charge in [-0.3, -0.25) is 9.59 Å². The number of amides is 1. The molecule has 1 aromatic carbocycles. The van der Waals surface area contributed by atoms with E-state index in [1.54, 1.807) is 38.1 Å². The van der Waals surface area contributed by atoms with Gasteiger partial charge in [-0.25, -0.2) is 4.39 Å². The van der Waals surface area contributed by atoms with Crippen LogP contribution in [0.2, 0.25) is 0 Å². The molecule has 0 radical (unpaired) electrons. The van der Waals surface area contributed by atoms with Gasteiger partial charge < -0.3 is 5.32 Å². The maximum atomic E-state index is 13.6. The van der Waals surface area contributed by atoms with Gasteiger partial charge in [-0.15, -0.1) is 11.3 Å². The van der Waals surface area contributed by atoms with Crippen LogP contribution in [0.15, 0.2) is 41.8 Å². The molecule has 0 aliphatic carbocycles. The molecular formula is C18H20FNO2S. The molecule has 1 N–H and O–H groups in total. The van der Waals surface area contributed by atoms with Gasteiger partial charge in [0.05, 0.1) is 4.88 Å². The molecule has 0 aliphatic heterocycles. The summed E-state index contributed by atoms with van der Waals surface area (Å²) in [6, 6.07) is 9.82. The van der Waals surface area contributed by atoms with Crippen molar-refractivity contribution in [1.82, 2.24) is 5.32 Å². The first-order valence-corrected chi connectivity index (χ1v) is 8.46. The van der Waals surface area contributed by atoms with Crippen LogP contribution in [0.5, 0.6) is 0 Å². The summed E-state index contributed by atoms with van der Waals surface area (Å²) in [6.07, 6.45) is 0.600. The Kier molecular flexibility index (Phi) is 6.04.